The molecule has 7 nitrogen and oxygen atoms in total. The van der Waals surface area contributed by atoms with Crippen LogP contribution in [0.15, 0.2) is 66.9 Å². The van der Waals surface area contributed by atoms with E-state index in [9.17, 15) is 23.5 Å². The summed E-state index contributed by atoms with van der Waals surface area (Å²) in [6, 6.07) is 14.8. The number of rotatable bonds is 14. The van der Waals surface area contributed by atoms with Crippen LogP contribution in [0.5, 0.6) is 0 Å². The molecule has 0 saturated carbocycles. The number of benzene rings is 2. The first-order chi connectivity index (χ1) is 18.8. The number of aliphatic hydroxyl groups excluding tert-OH is 1. The molecule has 2 amide bonds. The first-order valence-electron chi connectivity index (χ1n) is 13.2. The second-order valence-corrected chi connectivity index (χ2v) is 9.47. The van der Waals surface area contributed by atoms with Crippen LogP contribution in [0.3, 0.4) is 0 Å². The van der Waals surface area contributed by atoms with Gasteiger partial charge in [-0.05, 0) is 54.7 Å². The van der Waals surface area contributed by atoms with Gasteiger partial charge in [-0.25, -0.2) is 8.78 Å². The Kier molecular flexibility index (Phi) is 11.5. The fraction of sp³-hybridized carbons (Fsp3) is 0.367. The zero-order valence-electron chi connectivity index (χ0n) is 22.4. The van der Waals surface area contributed by atoms with E-state index in [-0.39, 0.29) is 30.1 Å². The number of carbonyl (C=O) groups excluding carboxylic acids is 2. The molecule has 3 N–H and O–H groups in total. The number of carbonyl (C=O) groups is 2. The van der Waals surface area contributed by atoms with Crippen LogP contribution in [0, 0.1) is 11.6 Å². The highest BCUT2D eigenvalue weighted by molar-refractivity contribution is 5.98. The number of amides is 2. The summed E-state index contributed by atoms with van der Waals surface area (Å²) in [5.41, 5.74) is 1.66. The molecule has 0 spiro atoms. The normalized spacial score (nSPS) is 12.5. The average molecular weight is 539 g/mol. The molecular formula is C30H36F2N4O3. The molecule has 2 atom stereocenters. The highest BCUT2D eigenvalue weighted by Gasteiger charge is 2.24. The molecule has 0 unspecified atom stereocenters. The van der Waals surface area contributed by atoms with E-state index in [2.05, 4.69) is 15.6 Å². The fourth-order valence-corrected chi connectivity index (χ4v) is 4.33. The van der Waals surface area contributed by atoms with Gasteiger partial charge in [0, 0.05) is 44.0 Å². The molecule has 0 aliphatic heterocycles. The molecule has 1 aromatic heterocycles. The summed E-state index contributed by atoms with van der Waals surface area (Å²) in [4.78, 5) is 32.1. The number of aliphatic hydroxyl groups is 1. The third-order valence-electron chi connectivity index (χ3n) is 6.20. The summed E-state index contributed by atoms with van der Waals surface area (Å²) >= 11 is 0. The highest BCUT2D eigenvalue weighted by Crippen LogP contribution is 2.14. The number of hydrogen-bond acceptors (Lipinski definition) is 5. The van der Waals surface area contributed by atoms with Crippen molar-refractivity contribution >= 4 is 11.8 Å². The summed E-state index contributed by atoms with van der Waals surface area (Å²) in [5.74, 6) is -2.28. The van der Waals surface area contributed by atoms with E-state index in [4.69, 9.17) is 0 Å². The van der Waals surface area contributed by atoms with E-state index in [1.165, 1.54) is 30.5 Å². The van der Waals surface area contributed by atoms with E-state index in [1.807, 2.05) is 44.2 Å². The van der Waals surface area contributed by atoms with Gasteiger partial charge in [-0.1, -0.05) is 44.2 Å². The Labute approximate surface area is 228 Å². The lowest BCUT2D eigenvalue weighted by molar-refractivity contribution is 0.0749. The Bertz CT molecular complexity index is 1200. The van der Waals surface area contributed by atoms with Crippen LogP contribution < -0.4 is 10.6 Å². The SMILES string of the molecule is CCCN(CCC)C(=O)c1cc(C(=O)N[C@@H](Cc2cc(F)cc(F)c2)[C@H](O)CNCc2ccccc2)ccn1. The van der Waals surface area contributed by atoms with Gasteiger partial charge in [-0.2, -0.15) is 0 Å². The van der Waals surface area contributed by atoms with E-state index < -0.39 is 29.7 Å². The third-order valence-corrected chi connectivity index (χ3v) is 6.20. The van der Waals surface area contributed by atoms with Crippen molar-refractivity contribution < 1.29 is 23.5 Å². The van der Waals surface area contributed by atoms with Crippen LogP contribution in [0.2, 0.25) is 0 Å². The molecule has 0 aliphatic rings. The second kappa shape index (κ2) is 15.0. The van der Waals surface area contributed by atoms with Crippen LogP contribution >= 0.6 is 0 Å². The smallest absolute Gasteiger partial charge is 0.272 e. The van der Waals surface area contributed by atoms with Gasteiger partial charge >= 0.3 is 0 Å². The Morgan fingerprint density at radius 1 is 0.949 bits per heavy atom. The molecule has 0 aliphatic carbocycles. The largest absolute Gasteiger partial charge is 0.390 e. The molecule has 0 saturated heterocycles. The molecule has 1 heterocycles. The van der Waals surface area contributed by atoms with Gasteiger partial charge in [0.2, 0.25) is 0 Å². The lowest BCUT2D eigenvalue weighted by Gasteiger charge is -2.25. The summed E-state index contributed by atoms with van der Waals surface area (Å²) in [7, 11) is 0. The minimum absolute atomic E-state index is 0.00769. The number of pyridine rings is 1. The Morgan fingerprint density at radius 2 is 1.62 bits per heavy atom. The van der Waals surface area contributed by atoms with Crippen molar-refractivity contribution in [1.29, 1.82) is 0 Å². The van der Waals surface area contributed by atoms with Gasteiger partial charge in [0.05, 0.1) is 12.1 Å². The summed E-state index contributed by atoms with van der Waals surface area (Å²) in [6.45, 7) is 5.75. The van der Waals surface area contributed by atoms with Gasteiger partial charge in [0.25, 0.3) is 11.8 Å². The van der Waals surface area contributed by atoms with Crippen molar-refractivity contribution in [2.75, 3.05) is 19.6 Å². The molecule has 3 rings (SSSR count). The Hall–Kier alpha value is -3.69. The molecular weight excluding hydrogens is 502 g/mol. The quantitative estimate of drug-likeness (QED) is 0.287. The molecule has 3 aromatic rings. The Balaban J connectivity index is 1.76. The first kappa shape index (κ1) is 29.9. The summed E-state index contributed by atoms with van der Waals surface area (Å²) < 4.78 is 27.7. The molecule has 0 fully saturated rings. The van der Waals surface area contributed by atoms with Gasteiger partial charge in [0.1, 0.15) is 17.3 Å². The maximum atomic E-state index is 13.8. The number of nitrogens with one attached hydrogen (secondary N) is 2. The van der Waals surface area contributed by atoms with Gasteiger partial charge in [0.15, 0.2) is 0 Å². The second-order valence-electron chi connectivity index (χ2n) is 9.47. The van der Waals surface area contributed by atoms with Crippen molar-refractivity contribution in [2.45, 2.75) is 51.8 Å². The van der Waals surface area contributed by atoms with Crippen LogP contribution in [0.25, 0.3) is 0 Å². The monoisotopic (exact) mass is 538 g/mol. The topological polar surface area (TPSA) is 94.6 Å². The van der Waals surface area contributed by atoms with Crippen molar-refractivity contribution in [1.82, 2.24) is 20.5 Å². The Morgan fingerprint density at radius 3 is 2.26 bits per heavy atom. The van der Waals surface area contributed by atoms with Gasteiger partial charge < -0.3 is 20.6 Å². The fourth-order valence-electron chi connectivity index (χ4n) is 4.33. The van der Waals surface area contributed by atoms with Crippen LogP contribution in [-0.4, -0.2) is 58.6 Å². The first-order valence-corrected chi connectivity index (χ1v) is 13.2. The average Bonchev–Trinajstić information content (AvgIpc) is 2.92. The minimum atomic E-state index is -1.07. The molecule has 39 heavy (non-hydrogen) atoms. The van der Waals surface area contributed by atoms with Crippen molar-refractivity contribution in [2.24, 2.45) is 0 Å². The standard InChI is InChI=1S/C30H36F2N4O3/c1-3-12-36(13-4-2)30(39)27-17-23(10-11-34-27)29(38)35-26(16-22-14-24(31)18-25(32)15-22)28(37)20-33-19-21-8-6-5-7-9-21/h5-11,14-15,17-18,26,28,33,37H,3-4,12-13,16,19-20H2,1-2H3,(H,35,38)/t26-,28+/m0/s1. The number of halogens is 2. The predicted molar refractivity (Wildman–Crippen MR) is 146 cm³/mol. The lowest BCUT2D eigenvalue weighted by atomic mass is 10.00. The molecule has 0 bridgehead atoms. The van der Waals surface area contributed by atoms with Crippen molar-refractivity contribution in [3.63, 3.8) is 0 Å². The molecule has 0 radical (unpaired) electrons. The van der Waals surface area contributed by atoms with Gasteiger partial charge in [-0.15, -0.1) is 0 Å². The highest BCUT2D eigenvalue weighted by atomic mass is 19.1. The van der Waals surface area contributed by atoms with E-state index in [1.54, 1.807) is 4.90 Å². The molecule has 9 heteroatoms. The van der Waals surface area contributed by atoms with Crippen molar-refractivity contribution in [3.8, 4) is 0 Å². The number of hydrogen-bond donors (Lipinski definition) is 3. The minimum Gasteiger partial charge on any atom is -0.390 e. The molecule has 2 aromatic carbocycles. The molecule has 208 valence electrons. The summed E-state index contributed by atoms with van der Waals surface area (Å²) in [6.07, 6.45) is 1.91. The zero-order valence-corrected chi connectivity index (χ0v) is 22.4. The van der Waals surface area contributed by atoms with Crippen molar-refractivity contribution in [3.05, 3.63) is 101 Å². The van der Waals surface area contributed by atoms with Gasteiger partial charge in [-0.3, -0.25) is 14.6 Å². The van der Waals surface area contributed by atoms with Crippen LogP contribution in [0.4, 0.5) is 8.78 Å². The predicted octanol–water partition coefficient (Wildman–Crippen LogP) is 4.11. The maximum Gasteiger partial charge on any atom is 0.272 e. The van der Waals surface area contributed by atoms with Crippen LogP contribution in [-0.2, 0) is 13.0 Å². The summed E-state index contributed by atoms with van der Waals surface area (Å²) in [5, 5.41) is 16.9. The van der Waals surface area contributed by atoms with E-state index in [0.717, 1.165) is 24.5 Å². The maximum absolute atomic E-state index is 13.8. The zero-order chi connectivity index (χ0) is 28.2. The number of nitrogens with zero attached hydrogens (tertiary/aromatic N) is 2. The van der Waals surface area contributed by atoms with E-state index in [0.29, 0.717) is 25.2 Å². The lowest BCUT2D eigenvalue weighted by Crippen LogP contribution is -2.48. The number of aromatic nitrogens is 1. The van der Waals surface area contributed by atoms with Crippen LogP contribution in [0.1, 0.15) is 58.7 Å². The third kappa shape index (κ3) is 9.23. The van der Waals surface area contributed by atoms with E-state index >= 15 is 0 Å².